The highest BCUT2D eigenvalue weighted by Crippen LogP contribution is 2.30. The molecule has 0 spiro atoms. The van der Waals surface area contributed by atoms with Crippen molar-refractivity contribution < 1.29 is 4.79 Å². The molecule has 1 aromatic rings. The summed E-state index contributed by atoms with van der Waals surface area (Å²) < 4.78 is 0. The van der Waals surface area contributed by atoms with Crippen LogP contribution in [0, 0.1) is 6.92 Å². The average molecular weight is 290 g/mol. The summed E-state index contributed by atoms with van der Waals surface area (Å²) in [6.07, 6.45) is 6.53. The van der Waals surface area contributed by atoms with Crippen LogP contribution in [0.15, 0.2) is 37.0 Å². The van der Waals surface area contributed by atoms with Gasteiger partial charge in [0.1, 0.15) is 6.29 Å². The Hall–Kier alpha value is -1.61. The van der Waals surface area contributed by atoms with Gasteiger partial charge in [-0.3, -0.25) is 4.90 Å². The zero-order chi connectivity index (χ0) is 16.1. The van der Waals surface area contributed by atoms with Crippen LogP contribution >= 0.6 is 0 Å². The molecule has 0 bridgehead atoms. The maximum atomic E-state index is 9.40. The molecule has 1 heterocycles. The highest BCUT2D eigenvalue weighted by Gasteiger charge is 2.21. The number of unbranched alkanes of at least 4 members (excludes halogenated alkanes) is 1. The Balaban J connectivity index is 0.000000422. The summed E-state index contributed by atoms with van der Waals surface area (Å²) in [4.78, 5) is 11.9. The lowest BCUT2D eigenvalue weighted by molar-refractivity contribution is -0.107. The number of benzene rings is 1. The van der Waals surface area contributed by atoms with Crippen molar-refractivity contribution in [1.82, 2.24) is 4.90 Å². The Labute approximate surface area is 129 Å². The molecule has 0 aromatic heterocycles. The summed E-state index contributed by atoms with van der Waals surface area (Å²) >= 11 is 0. The molecule has 1 aliphatic rings. The van der Waals surface area contributed by atoms with Gasteiger partial charge in [-0.1, -0.05) is 43.3 Å². The smallest absolute Gasteiger partial charge is 0.119 e. The highest BCUT2D eigenvalue weighted by molar-refractivity contribution is 5.48. The molecule has 1 aromatic carbocycles. The zero-order valence-electron chi connectivity index (χ0n) is 13.7. The topological polar surface area (TPSA) is 46.3 Å². The van der Waals surface area contributed by atoms with E-state index in [1.54, 1.807) is 0 Å². The second-order valence-electron chi connectivity index (χ2n) is 5.24. The van der Waals surface area contributed by atoms with E-state index in [-0.39, 0.29) is 0 Å². The molecule has 2 rings (SSSR count). The molecule has 1 fully saturated rings. The van der Waals surface area contributed by atoms with Gasteiger partial charge in [0.25, 0.3) is 0 Å². The molecular weight excluding hydrogens is 260 g/mol. The first-order valence-corrected chi connectivity index (χ1v) is 7.63. The molecular formula is C18H30N2O. The molecule has 1 aliphatic heterocycles. The van der Waals surface area contributed by atoms with E-state index in [0.29, 0.717) is 12.5 Å². The Kier molecular flexibility index (Phi) is 11.2. The molecule has 2 N–H and O–H groups in total. The fraction of sp³-hybridized carbons (Fsp3) is 0.500. The van der Waals surface area contributed by atoms with Gasteiger partial charge >= 0.3 is 0 Å². The monoisotopic (exact) mass is 290 g/mol. The van der Waals surface area contributed by atoms with Crippen LogP contribution in [0.3, 0.4) is 0 Å². The predicted molar refractivity (Wildman–Crippen MR) is 91.1 cm³/mol. The van der Waals surface area contributed by atoms with Crippen LogP contribution in [0.4, 0.5) is 0 Å². The van der Waals surface area contributed by atoms with Gasteiger partial charge in [-0.25, -0.2) is 0 Å². The number of carbonyl (C=O) groups is 1. The quantitative estimate of drug-likeness (QED) is 0.860. The first kappa shape index (κ1) is 19.4. The Morgan fingerprint density at radius 3 is 2.52 bits per heavy atom. The minimum Gasteiger partial charge on any atom is -0.405 e. The minimum atomic E-state index is 0.667. The SMILES string of the molecule is C=CN.CCCC=O.Cc1cccc(C2CCCN2C)c1. The molecule has 0 amide bonds. The van der Waals surface area contributed by atoms with Crippen LogP contribution in [-0.2, 0) is 4.79 Å². The zero-order valence-corrected chi connectivity index (χ0v) is 13.7. The average Bonchev–Trinajstić information content (AvgIpc) is 2.87. The van der Waals surface area contributed by atoms with E-state index in [4.69, 9.17) is 0 Å². The van der Waals surface area contributed by atoms with E-state index in [0.717, 1.165) is 12.7 Å². The minimum absolute atomic E-state index is 0.667. The maximum absolute atomic E-state index is 9.40. The van der Waals surface area contributed by atoms with Crippen LogP contribution in [0.5, 0.6) is 0 Å². The number of nitrogens with zero attached hydrogens (tertiary/aromatic N) is 1. The van der Waals surface area contributed by atoms with E-state index in [2.05, 4.69) is 55.4 Å². The lowest BCUT2D eigenvalue weighted by atomic mass is 10.0. The van der Waals surface area contributed by atoms with Crippen molar-refractivity contribution in [1.29, 1.82) is 0 Å². The van der Waals surface area contributed by atoms with Crippen LogP contribution in [0.1, 0.15) is 49.8 Å². The lowest BCUT2D eigenvalue weighted by Gasteiger charge is -2.19. The van der Waals surface area contributed by atoms with Crippen molar-refractivity contribution in [3.05, 3.63) is 48.2 Å². The van der Waals surface area contributed by atoms with Crippen LogP contribution in [0.2, 0.25) is 0 Å². The molecule has 0 radical (unpaired) electrons. The van der Waals surface area contributed by atoms with Crippen molar-refractivity contribution in [2.75, 3.05) is 13.6 Å². The largest absolute Gasteiger partial charge is 0.405 e. The molecule has 3 heteroatoms. The third-order valence-corrected chi connectivity index (χ3v) is 3.35. The molecule has 1 atom stereocenters. The van der Waals surface area contributed by atoms with Gasteiger partial charge in [0, 0.05) is 12.5 Å². The number of nitrogens with two attached hydrogens (primary N) is 1. The maximum Gasteiger partial charge on any atom is 0.119 e. The van der Waals surface area contributed by atoms with Crippen LogP contribution < -0.4 is 5.73 Å². The van der Waals surface area contributed by atoms with E-state index >= 15 is 0 Å². The number of hydrogen-bond donors (Lipinski definition) is 1. The summed E-state index contributed by atoms with van der Waals surface area (Å²) in [7, 11) is 2.22. The van der Waals surface area contributed by atoms with Gasteiger partial charge in [0.15, 0.2) is 0 Å². The molecule has 0 aliphatic carbocycles. The Morgan fingerprint density at radius 1 is 1.48 bits per heavy atom. The van der Waals surface area contributed by atoms with Gasteiger partial charge in [-0.05, 0) is 51.5 Å². The van der Waals surface area contributed by atoms with E-state index in [1.807, 2.05) is 6.92 Å². The standard InChI is InChI=1S/C12H17N.C4H8O.C2H5N/c1-10-5-3-6-11(9-10)12-7-4-8-13(12)2;1-2-3-4-5;1-2-3/h3,5-6,9,12H,4,7-8H2,1-2H3;4H,2-3H2,1H3;2H,1,3H2. The Bertz CT molecular complexity index is 404. The molecule has 0 saturated carbocycles. The molecule has 118 valence electrons. The third-order valence-electron chi connectivity index (χ3n) is 3.35. The van der Waals surface area contributed by atoms with Crippen molar-refractivity contribution >= 4 is 6.29 Å². The fourth-order valence-corrected chi connectivity index (χ4v) is 2.33. The van der Waals surface area contributed by atoms with Gasteiger partial charge in [0.05, 0.1) is 0 Å². The molecule has 21 heavy (non-hydrogen) atoms. The third kappa shape index (κ3) is 8.30. The summed E-state index contributed by atoms with van der Waals surface area (Å²) in [5, 5.41) is 0. The fourth-order valence-electron chi connectivity index (χ4n) is 2.33. The number of hydrogen-bond acceptors (Lipinski definition) is 3. The van der Waals surface area contributed by atoms with E-state index in [9.17, 15) is 4.79 Å². The second-order valence-corrected chi connectivity index (χ2v) is 5.24. The predicted octanol–water partition coefficient (Wildman–Crippen LogP) is 3.84. The van der Waals surface area contributed by atoms with Crippen LogP contribution in [0.25, 0.3) is 0 Å². The molecule has 1 unspecified atom stereocenters. The first-order chi connectivity index (χ1) is 10.1. The van der Waals surface area contributed by atoms with Crippen molar-refractivity contribution in [2.24, 2.45) is 5.73 Å². The number of aldehydes is 1. The normalized spacial score (nSPS) is 17.0. The van der Waals surface area contributed by atoms with Crippen molar-refractivity contribution in [3.63, 3.8) is 0 Å². The van der Waals surface area contributed by atoms with Gasteiger partial charge in [-0.15, -0.1) is 0 Å². The molecule has 3 nitrogen and oxygen atoms in total. The number of rotatable bonds is 3. The van der Waals surface area contributed by atoms with Gasteiger partial charge in [0.2, 0.25) is 0 Å². The summed E-state index contributed by atoms with van der Waals surface area (Å²) in [5.41, 5.74) is 7.47. The number of aryl methyl sites for hydroxylation is 1. The second kappa shape index (κ2) is 12.2. The van der Waals surface area contributed by atoms with Crippen molar-refractivity contribution in [2.45, 2.75) is 45.6 Å². The van der Waals surface area contributed by atoms with Crippen LogP contribution in [-0.4, -0.2) is 24.8 Å². The highest BCUT2D eigenvalue weighted by atomic mass is 16.1. The van der Waals surface area contributed by atoms with Gasteiger partial charge in [-0.2, -0.15) is 0 Å². The summed E-state index contributed by atoms with van der Waals surface area (Å²) in [6, 6.07) is 9.56. The van der Waals surface area contributed by atoms with E-state index in [1.165, 1.54) is 36.7 Å². The van der Waals surface area contributed by atoms with E-state index < -0.39 is 0 Å². The lowest BCUT2D eigenvalue weighted by Crippen LogP contribution is -2.17. The Morgan fingerprint density at radius 2 is 2.14 bits per heavy atom. The summed E-state index contributed by atoms with van der Waals surface area (Å²) in [6.45, 7) is 8.53. The number of carbonyl (C=O) groups excluding carboxylic acids is 1. The number of likely N-dealkylation sites (tertiary alicyclic amines) is 1. The van der Waals surface area contributed by atoms with Crippen molar-refractivity contribution in [3.8, 4) is 0 Å². The first-order valence-electron chi connectivity index (χ1n) is 7.63. The summed E-state index contributed by atoms with van der Waals surface area (Å²) in [5.74, 6) is 0. The van der Waals surface area contributed by atoms with Gasteiger partial charge < -0.3 is 10.5 Å². The molecule has 1 saturated heterocycles.